The van der Waals surface area contributed by atoms with Crippen LogP contribution in [-0.2, 0) is 27.8 Å². The average Bonchev–Trinajstić information content (AvgIpc) is 3.43. The van der Waals surface area contributed by atoms with Crippen molar-refractivity contribution in [2.75, 3.05) is 51.8 Å². The second kappa shape index (κ2) is 13.0. The van der Waals surface area contributed by atoms with E-state index in [0.29, 0.717) is 12.8 Å². The van der Waals surface area contributed by atoms with Crippen molar-refractivity contribution in [3.05, 3.63) is 51.2 Å². The van der Waals surface area contributed by atoms with Crippen LogP contribution in [0.1, 0.15) is 48.9 Å². The highest BCUT2D eigenvalue weighted by Gasteiger charge is 2.47. The summed E-state index contributed by atoms with van der Waals surface area (Å²) in [5.74, 6) is -0.523. The molecule has 1 amide bonds. The molecule has 0 saturated carbocycles. The van der Waals surface area contributed by atoms with Gasteiger partial charge in [0.2, 0.25) is 5.82 Å². The van der Waals surface area contributed by atoms with E-state index in [1.165, 1.54) is 12.0 Å². The molecule has 234 valence electrons. The monoisotopic (exact) mass is 607 g/mol. The van der Waals surface area contributed by atoms with Crippen molar-refractivity contribution in [1.82, 2.24) is 19.8 Å². The minimum atomic E-state index is -1.21. The zero-order chi connectivity index (χ0) is 31.4. The number of piperazine rings is 1. The number of carbonyl (C=O) groups excluding carboxylic acids is 1. The lowest BCUT2D eigenvalue weighted by molar-refractivity contribution is -0.385. The number of likely N-dealkylation sites (tertiary alicyclic amines) is 1. The molecule has 1 aromatic heterocycles. The van der Waals surface area contributed by atoms with Crippen LogP contribution in [0.25, 0.3) is 0 Å². The lowest BCUT2D eigenvalue weighted by atomic mass is 9.67. The van der Waals surface area contributed by atoms with E-state index in [9.17, 15) is 30.1 Å². The van der Waals surface area contributed by atoms with Crippen LogP contribution in [0.3, 0.4) is 0 Å². The summed E-state index contributed by atoms with van der Waals surface area (Å²) in [4.78, 5) is 51.7. The molecule has 2 saturated heterocycles. The van der Waals surface area contributed by atoms with Crippen molar-refractivity contribution in [3.63, 3.8) is 0 Å². The molecule has 2 aromatic rings. The number of nitrogens with zero attached hydrogens (tertiary/aromatic N) is 7. The van der Waals surface area contributed by atoms with E-state index in [1.54, 1.807) is 4.90 Å². The van der Waals surface area contributed by atoms with E-state index in [1.807, 2.05) is 37.4 Å². The quantitative estimate of drug-likeness (QED) is 0.251. The van der Waals surface area contributed by atoms with Gasteiger partial charge in [-0.1, -0.05) is 24.3 Å². The first-order valence-corrected chi connectivity index (χ1v) is 14.8. The molecule has 0 bridgehead atoms. The summed E-state index contributed by atoms with van der Waals surface area (Å²) in [6, 6.07) is 8.94. The average molecular weight is 608 g/mol. The van der Waals surface area contributed by atoms with Crippen molar-refractivity contribution >= 4 is 23.6 Å². The Labute approximate surface area is 255 Å². The van der Waals surface area contributed by atoms with Crippen LogP contribution in [0.2, 0.25) is 0 Å². The van der Waals surface area contributed by atoms with Crippen molar-refractivity contribution in [1.29, 1.82) is 5.26 Å². The van der Waals surface area contributed by atoms with E-state index in [4.69, 9.17) is 9.47 Å². The molecular weight excluding hydrogens is 570 g/mol. The van der Waals surface area contributed by atoms with Crippen LogP contribution in [0.5, 0.6) is 6.01 Å². The van der Waals surface area contributed by atoms with Gasteiger partial charge in [-0.15, -0.1) is 0 Å². The smallest absolute Gasteiger partial charge is 0.407 e. The molecule has 14 heteroatoms. The van der Waals surface area contributed by atoms with Gasteiger partial charge in [0.05, 0.1) is 36.0 Å². The number of anilines is 1. The van der Waals surface area contributed by atoms with Crippen LogP contribution < -0.4 is 9.64 Å². The topological polar surface area (TPSA) is 175 Å². The van der Waals surface area contributed by atoms with E-state index < -0.39 is 28.4 Å². The normalized spacial score (nSPS) is 23.5. The lowest BCUT2D eigenvalue weighted by Crippen LogP contribution is -2.55. The Hall–Kier alpha value is -4.51. The second-order valence-electron chi connectivity index (χ2n) is 11.7. The molecule has 3 aliphatic rings. The van der Waals surface area contributed by atoms with Crippen molar-refractivity contribution < 1.29 is 29.1 Å². The van der Waals surface area contributed by atoms with Gasteiger partial charge in [0.1, 0.15) is 12.3 Å². The molecule has 3 atom stereocenters. The number of likely N-dealkylation sites (N-methyl/N-ethyl adjacent to an activating group) is 1. The minimum absolute atomic E-state index is 0.0208. The third-order valence-corrected chi connectivity index (χ3v) is 9.16. The first kappa shape index (κ1) is 30.9. The van der Waals surface area contributed by atoms with E-state index in [2.05, 4.69) is 14.9 Å². The van der Waals surface area contributed by atoms with Crippen molar-refractivity contribution in [2.45, 2.75) is 62.4 Å². The highest BCUT2D eigenvalue weighted by atomic mass is 16.6. The number of aryl methyl sites for hydroxylation is 1. The van der Waals surface area contributed by atoms with Gasteiger partial charge in [0, 0.05) is 32.1 Å². The Bertz CT molecular complexity index is 1460. The first-order valence-electron chi connectivity index (χ1n) is 14.8. The highest BCUT2D eigenvalue weighted by molar-refractivity contribution is 5.85. The van der Waals surface area contributed by atoms with Crippen LogP contribution in [-0.4, -0.2) is 101 Å². The second-order valence-corrected chi connectivity index (χ2v) is 11.7. The first-order chi connectivity index (χ1) is 21.2. The van der Waals surface area contributed by atoms with Gasteiger partial charge in [-0.25, -0.2) is 4.79 Å². The van der Waals surface area contributed by atoms with Crippen LogP contribution in [0, 0.1) is 21.4 Å². The molecule has 1 aliphatic carbocycles. The summed E-state index contributed by atoms with van der Waals surface area (Å²) < 4.78 is 11.4. The van der Waals surface area contributed by atoms with Crippen molar-refractivity contribution in [3.8, 4) is 12.1 Å². The molecule has 3 heterocycles. The number of ether oxygens (including phenoxy) is 2. The van der Waals surface area contributed by atoms with E-state index >= 15 is 0 Å². The van der Waals surface area contributed by atoms with Gasteiger partial charge in [-0.2, -0.15) is 15.2 Å². The molecule has 14 nitrogen and oxygen atoms in total. The molecule has 2 aliphatic heterocycles. The molecule has 0 radical (unpaired) electrons. The number of rotatable bonds is 9. The Kier molecular flexibility index (Phi) is 9.14. The summed E-state index contributed by atoms with van der Waals surface area (Å²) in [5.41, 5.74) is 0.183. The molecular formula is C30H37N7O7. The number of nitriles is 1. The van der Waals surface area contributed by atoms with Gasteiger partial charge in [-0.05, 0) is 56.8 Å². The van der Waals surface area contributed by atoms with Gasteiger partial charge < -0.3 is 29.3 Å². The Balaban J connectivity index is 1.61. The fraction of sp³-hybridized carbons (Fsp3) is 0.567. The maximum absolute atomic E-state index is 13.6. The van der Waals surface area contributed by atoms with E-state index in [0.717, 1.165) is 36.9 Å². The fourth-order valence-corrected chi connectivity index (χ4v) is 6.87. The zero-order valence-corrected chi connectivity index (χ0v) is 25.0. The number of benzene rings is 1. The summed E-state index contributed by atoms with van der Waals surface area (Å²) in [6.45, 7) is 1.37. The summed E-state index contributed by atoms with van der Waals surface area (Å²) in [5, 5.41) is 31.9. The number of carbonyl (C=O) groups is 2. The van der Waals surface area contributed by atoms with Crippen molar-refractivity contribution in [2.24, 2.45) is 0 Å². The number of methoxy groups -OCH3 is 1. The standard InChI is InChI=1S/C30H37N7O7/c1-34-14-6-9-22(34)19-44-28-32-24(17-30(27(38)43-2)12-5-8-20-7-3-4-10-23(20)30)25(37(41)42)26(33-28)35-15-16-36(29(39)40)21(18-35)11-13-31/h3-4,7,10,21-22H,5-6,8-9,11-12,14-19H2,1-2H3,(H,39,40)/t21-,22-,30?/m0/s1. The third-order valence-electron chi connectivity index (χ3n) is 9.16. The number of esters is 1. The molecule has 0 spiro atoms. The summed E-state index contributed by atoms with van der Waals surface area (Å²) in [7, 11) is 3.32. The van der Waals surface area contributed by atoms with Gasteiger partial charge in [0.25, 0.3) is 0 Å². The number of fused-ring (bicyclic) bond motifs is 1. The predicted molar refractivity (Wildman–Crippen MR) is 158 cm³/mol. The molecule has 1 unspecified atom stereocenters. The predicted octanol–water partition coefficient (Wildman–Crippen LogP) is 2.93. The molecule has 1 N–H and O–H groups in total. The van der Waals surface area contributed by atoms with Gasteiger partial charge in [0.15, 0.2) is 0 Å². The largest absolute Gasteiger partial charge is 0.468 e. The number of hydrogen-bond donors (Lipinski definition) is 1. The minimum Gasteiger partial charge on any atom is -0.468 e. The number of aromatic nitrogens is 2. The number of carboxylic acid groups (broad SMARTS) is 1. The number of amides is 1. The van der Waals surface area contributed by atoms with Crippen LogP contribution in [0.15, 0.2) is 24.3 Å². The van der Waals surface area contributed by atoms with Crippen LogP contribution in [0.4, 0.5) is 16.3 Å². The molecule has 2 fully saturated rings. The number of nitro groups is 1. The van der Waals surface area contributed by atoms with Gasteiger partial charge in [-0.3, -0.25) is 14.9 Å². The Morgan fingerprint density at radius 1 is 1.20 bits per heavy atom. The lowest BCUT2D eigenvalue weighted by Gasteiger charge is -2.39. The summed E-state index contributed by atoms with van der Waals surface area (Å²) in [6.07, 6.45) is 2.45. The SMILES string of the molecule is COC(=O)C1(Cc2nc(OC[C@@H]3CCCN3C)nc(N3CCN(C(=O)O)[C@@H](CC#N)C3)c2[N+](=O)[O-])CCCc2ccccc21. The third kappa shape index (κ3) is 5.96. The molecule has 44 heavy (non-hydrogen) atoms. The maximum Gasteiger partial charge on any atom is 0.407 e. The van der Waals surface area contributed by atoms with Gasteiger partial charge >= 0.3 is 23.8 Å². The number of hydrogen-bond acceptors (Lipinski definition) is 11. The Morgan fingerprint density at radius 2 is 2.00 bits per heavy atom. The Morgan fingerprint density at radius 3 is 2.68 bits per heavy atom. The summed E-state index contributed by atoms with van der Waals surface area (Å²) >= 11 is 0. The maximum atomic E-state index is 13.6. The molecule has 1 aromatic carbocycles. The zero-order valence-electron chi connectivity index (χ0n) is 25.0. The van der Waals surface area contributed by atoms with E-state index in [-0.39, 0.29) is 68.3 Å². The van der Waals surface area contributed by atoms with Crippen LogP contribution >= 0.6 is 0 Å². The fourth-order valence-electron chi connectivity index (χ4n) is 6.87. The molecule has 5 rings (SSSR count). The highest BCUT2D eigenvalue weighted by Crippen LogP contribution is 2.44.